The van der Waals surface area contributed by atoms with Gasteiger partial charge in [-0.15, -0.1) is 0 Å². The van der Waals surface area contributed by atoms with Gasteiger partial charge in [0.1, 0.15) is 5.75 Å². The lowest BCUT2D eigenvalue weighted by Gasteiger charge is -2.12. The van der Waals surface area contributed by atoms with Gasteiger partial charge in [-0.1, -0.05) is 17.7 Å². The zero-order valence-corrected chi connectivity index (χ0v) is 18.4. The largest absolute Gasteiger partial charge is 0.493 e. The summed E-state index contributed by atoms with van der Waals surface area (Å²) in [6, 6.07) is 6.17. The lowest BCUT2D eigenvalue weighted by atomic mass is 10.1. The van der Waals surface area contributed by atoms with Crippen molar-refractivity contribution in [3.05, 3.63) is 56.6 Å². The third-order valence-electron chi connectivity index (χ3n) is 4.14. The number of nitro benzene ring substituents is 1. The molecule has 9 nitrogen and oxygen atoms in total. The number of nitrogens with zero attached hydrogens (tertiary/aromatic N) is 2. The molecule has 2 aromatic rings. The third-order valence-corrected chi connectivity index (χ3v) is 5.66. The molecule has 1 N–H and O–H groups in total. The minimum Gasteiger partial charge on any atom is -0.493 e. The summed E-state index contributed by atoms with van der Waals surface area (Å²) in [6.07, 6.45) is 1.17. The highest BCUT2D eigenvalue weighted by Gasteiger charge is 2.21. The molecule has 0 aromatic heterocycles. The molecular formula is C20H25N3O6S. The Morgan fingerprint density at radius 3 is 2.13 bits per heavy atom. The summed E-state index contributed by atoms with van der Waals surface area (Å²) in [4.78, 5) is 13.1. The normalized spacial score (nSPS) is 11.5. The van der Waals surface area contributed by atoms with Crippen molar-refractivity contribution in [3.8, 4) is 11.5 Å². The van der Waals surface area contributed by atoms with Gasteiger partial charge >= 0.3 is 5.69 Å². The van der Waals surface area contributed by atoms with Crippen molar-refractivity contribution in [1.82, 2.24) is 4.83 Å². The quantitative estimate of drug-likeness (QED) is 0.365. The van der Waals surface area contributed by atoms with E-state index < -0.39 is 14.9 Å². The van der Waals surface area contributed by atoms with Gasteiger partial charge in [0, 0.05) is 17.7 Å². The highest BCUT2D eigenvalue weighted by atomic mass is 32.2. The van der Waals surface area contributed by atoms with E-state index in [1.165, 1.54) is 18.3 Å². The van der Waals surface area contributed by atoms with E-state index in [9.17, 15) is 18.5 Å². The maximum absolute atomic E-state index is 12.7. The molecule has 0 saturated heterocycles. The molecule has 2 aromatic carbocycles. The zero-order chi connectivity index (χ0) is 22.5. The predicted octanol–water partition coefficient (Wildman–Crippen LogP) is 3.63. The first-order chi connectivity index (χ1) is 14.1. The van der Waals surface area contributed by atoms with Crippen LogP contribution in [0.5, 0.6) is 11.5 Å². The van der Waals surface area contributed by atoms with Crippen molar-refractivity contribution >= 4 is 21.9 Å². The van der Waals surface area contributed by atoms with Crippen LogP contribution in [-0.2, 0) is 10.0 Å². The molecule has 2 rings (SSSR count). The number of sulfonamides is 1. The molecule has 0 unspecified atom stereocenters. The zero-order valence-electron chi connectivity index (χ0n) is 17.6. The molecule has 30 heavy (non-hydrogen) atoms. The molecule has 0 radical (unpaired) electrons. The topological polar surface area (TPSA) is 120 Å². The number of rotatable bonds is 9. The fraction of sp³-hybridized carbons (Fsp3) is 0.350. The monoisotopic (exact) mass is 435 g/mol. The summed E-state index contributed by atoms with van der Waals surface area (Å²) in [7, 11) is -3.92. The summed E-state index contributed by atoms with van der Waals surface area (Å²) >= 11 is 0. The maximum Gasteiger partial charge on any atom is 0.311 e. The van der Waals surface area contributed by atoms with Gasteiger partial charge in [0.25, 0.3) is 10.0 Å². The minimum atomic E-state index is -3.92. The summed E-state index contributed by atoms with van der Waals surface area (Å²) in [5, 5.41) is 15.2. The Labute approximate surface area is 175 Å². The smallest absolute Gasteiger partial charge is 0.311 e. The van der Waals surface area contributed by atoms with E-state index in [4.69, 9.17) is 9.47 Å². The third kappa shape index (κ3) is 5.26. The Morgan fingerprint density at radius 2 is 1.60 bits per heavy atom. The molecule has 0 amide bonds. The Kier molecular flexibility index (Phi) is 7.38. The van der Waals surface area contributed by atoms with Crippen LogP contribution < -0.4 is 14.3 Å². The first kappa shape index (κ1) is 23.1. The maximum atomic E-state index is 12.7. The van der Waals surface area contributed by atoms with Gasteiger partial charge in [-0.3, -0.25) is 10.1 Å². The van der Waals surface area contributed by atoms with Gasteiger partial charge < -0.3 is 9.47 Å². The van der Waals surface area contributed by atoms with Crippen LogP contribution in [0.4, 0.5) is 5.69 Å². The number of nitrogens with one attached hydrogen (secondary N) is 1. The highest BCUT2D eigenvalue weighted by molar-refractivity contribution is 7.89. The van der Waals surface area contributed by atoms with Crippen LogP contribution >= 0.6 is 0 Å². The van der Waals surface area contributed by atoms with E-state index in [2.05, 4.69) is 9.93 Å². The van der Waals surface area contributed by atoms with Crippen LogP contribution in [0.15, 0.2) is 34.3 Å². The summed E-state index contributed by atoms with van der Waals surface area (Å²) in [5.74, 6) is 0.354. The van der Waals surface area contributed by atoms with Gasteiger partial charge in [-0.05, 0) is 45.7 Å². The number of benzene rings is 2. The first-order valence-electron chi connectivity index (χ1n) is 9.31. The molecule has 0 aliphatic rings. The summed E-state index contributed by atoms with van der Waals surface area (Å²) < 4.78 is 36.3. The first-order valence-corrected chi connectivity index (χ1v) is 10.8. The molecule has 0 heterocycles. The lowest BCUT2D eigenvalue weighted by Crippen LogP contribution is -2.20. The molecule has 0 saturated carbocycles. The Bertz CT molecular complexity index is 1060. The number of hydrogen-bond donors (Lipinski definition) is 1. The van der Waals surface area contributed by atoms with Gasteiger partial charge in [0.15, 0.2) is 0 Å². The number of hydrazone groups is 1. The van der Waals surface area contributed by atoms with E-state index in [-0.39, 0.29) is 34.3 Å². The van der Waals surface area contributed by atoms with Crippen molar-refractivity contribution < 1.29 is 22.8 Å². The van der Waals surface area contributed by atoms with Crippen molar-refractivity contribution in [3.63, 3.8) is 0 Å². The number of nitro groups is 1. The Hall–Kier alpha value is -3.14. The molecule has 162 valence electrons. The molecule has 0 atom stereocenters. The standard InChI is InChI=1S/C20H25N3O6S/c1-6-28-18-11-19(29-7-2)17(23(24)25)10-16(18)12-21-22-30(26,27)20-14(4)8-13(3)9-15(20)5/h8-12,22H,6-7H2,1-5H3/b21-12+. The van der Waals surface area contributed by atoms with Crippen LogP contribution in [-0.4, -0.2) is 32.8 Å². The van der Waals surface area contributed by atoms with Crippen molar-refractivity contribution in [2.24, 2.45) is 5.10 Å². The van der Waals surface area contributed by atoms with Gasteiger partial charge in [-0.2, -0.15) is 13.5 Å². The van der Waals surface area contributed by atoms with Crippen LogP contribution in [0.1, 0.15) is 36.1 Å². The van der Waals surface area contributed by atoms with E-state index in [0.29, 0.717) is 17.7 Å². The summed E-state index contributed by atoms with van der Waals surface area (Å²) in [6.45, 7) is 9.32. The van der Waals surface area contributed by atoms with E-state index >= 15 is 0 Å². The fourth-order valence-electron chi connectivity index (χ4n) is 3.16. The van der Waals surface area contributed by atoms with E-state index in [0.717, 1.165) is 5.56 Å². The predicted molar refractivity (Wildman–Crippen MR) is 114 cm³/mol. The fourth-order valence-corrected chi connectivity index (χ4v) is 4.41. The number of ether oxygens (including phenoxy) is 2. The number of aryl methyl sites for hydroxylation is 3. The van der Waals surface area contributed by atoms with E-state index in [1.54, 1.807) is 39.8 Å². The lowest BCUT2D eigenvalue weighted by molar-refractivity contribution is -0.385. The van der Waals surface area contributed by atoms with Gasteiger partial charge in [0.05, 0.1) is 29.2 Å². The van der Waals surface area contributed by atoms with Crippen molar-refractivity contribution in [2.75, 3.05) is 13.2 Å². The molecule has 0 spiro atoms. The van der Waals surface area contributed by atoms with Crippen LogP contribution in [0, 0.1) is 30.9 Å². The Morgan fingerprint density at radius 1 is 1.03 bits per heavy atom. The van der Waals surface area contributed by atoms with Crippen LogP contribution in [0.3, 0.4) is 0 Å². The molecular weight excluding hydrogens is 410 g/mol. The second kappa shape index (κ2) is 9.57. The average Bonchev–Trinajstić information content (AvgIpc) is 2.62. The highest BCUT2D eigenvalue weighted by Crippen LogP contribution is 2.34. The van der Waals surface area contributed by atoms with Crippen LogP contribution in [0.2, 0.25) is 0 Å². The molecule has 0 aliphatic heterocycles. The molecule has 0 fully saturated rings. The van der Waals surface area contributed by atoms with Gasteiger partial charge in [-0.25, -0.2) is 4.83 Å². The molecule has 10 heteroatoms. The number of hydrogen-bond acceptors (Lipinski definition) is 7. The van der Waals surface area contributed by atoms with Crippen LogP contribution in [0.25, 0.3) is 0 Å². The van der Waals surface area contributed by atoms with E-state index in [1.807, 2.05) is 6.92 Å². The second-order valence-corrected chi connectivity index (χ2v) is 8.16. The average molecular weight is 436 g/mol. The second-order valence-electron chi connectivity index (χ2n) is 6.56. The summed E-state index contributed by atoms with van der Waals surface area (Å²) in [5.41, 5.74) is 2.13. The van der Waals surface area contributed by atoms with Crippen molar-refractivity contribution in [2.45, 2.75) is 39.5 Å². The molecule has 0 aliphatic carbocycles. The Balaban J connectivity index is 2.41. The SMILES string of the molecule is CCOc1cc(OCC)c([N+](=O)[O-])cc1/C=N/NS(=O)(=O)c1c(C)cc(C)cc1C. The molecule has 0 bridgehead atoms. The van der Waals surface area contributed by atoms with Gasteiger partial charge in [0.2, 0.25) is 5.75 Å². The minimum absolute atomic E-state index is 0.0644. The van der Waals surface area contributed by atoms with Crippen molar-refractivity contribution in [1.29, 1.82) is 0 Å².